The molecule has 0 saturated heterocycles. The molecule has 0 aromatic rings. The van der Waals surface area contributed by atoms with Gasteiger partial charge < -0.3 is 9.64 Å². The summed E-state index contributed by atoms with van der Waals surface area (Å²) < 4.78 is 5.72. The Kier molecular flexibility index (Phi) is 33.1. The van der Waals surface area contributed by atoms with E-state index in [2.05, 4.69) is 32.3 Å². The summed E-state index contributed by atoms with van der Waals surface area (Å²) in [5, 5.41) is 0. The van der Waals surface area contributed by atoms with E-state index in [1.807, 2.05) is 31.7 Å². The topological polar surface area (TPSA) is 29.5 Å². The highest BCUT2D eigenvalue weighted by Gasteiger charge is 2.21. The zero-order valence-corrected chi connectivity index (χ0v) is 25.4. The third kappa shape index (κ3) is 26.4. The van der Waals surface area contributed by atoms with Crippen LogP contribution in [0.2, 0.25) is 0 Å². The molecule has 0 aliphatic rings. The van der Waals surface area contributed by atoms with Crippen molar-refractivity contribution in [3.63, 3.8) is 0 Å². The van der Waals surface area contributed by atoms with Crippen molar-refractivity contribution in [1.29, 1.82) is 0 Å². The molecule has 0 aromatic carbocycles. The summed E-state index contributed by atoms with van der Waals surface area (Å²) in [5.41, 5.74) is 0. The molecule has 0 amide bonds. The molecule has 1 atom stereocenters. The van der Waals surface area contributed by atoms with E-state index in [-0.39, 0.29) is 11.9 Å². The van der Waals surface area contributed by atoms with Gasteiger partial charge in [0.05, 0.1) is 12.5 Å². The predicted molar refractivity (Wildman–Crippen MR) is 161 cm³/mol. The minimum atomic E-state index is 0.0422. The van der Waals surface area contributed by atoms with Gasteiger partial charge in [0.15, 0.2) is 0 Å². The number of carbonyl (C=O) groups is 1. The van der Waals surface area contributed by atoms with Gasteiger partial charge in [-0.3, -0.25) is 4.79 Å². The zero-order valence-electron chi connectivity index (χ0n) is 24.6. The maximum absolute atomic E-state index is 12.8. The number of nitrogens with zero attached hydrogens (tertiary/aromatic N) is 1. The lowest BCUT2D eigenvalue weighted by molar-refractivity contribution is -0.148. The van der Waals surface area contributed by atoms with Gasteiger partial charge in [-0.15, -0.1) is 6.58 Å². The summed E-state index contributed by atoms with van der Waals surface area (Å²) in [6.07, 6.45) is 21.9. The summed E-state index contributed by atoms with van der Waals surface area (Å²) >= 11 is 1.96. The fraction of sp³-hybridized carbons (Fsp3) is 0.903. The van der Waals surface area contributed by atoms with Gasteiger partial charge in [0, 0.05) is 5.75 Å². The fourth-order valence-electron chi connectivity index (χ4n) is 4.13. The van der Waals surface area contributed by atoms with E-state index < -0.39 is 0 Å². The maximum Gasteiger partial charge on any atom is 0.309 e. The van der Waals surface area contributed by atoms with E-state index in [0.29, 0.717) is 6.61 Å². The zero-order chi connectivity index (χ0) is 26.4. The molecular weight excluding hydrogens is 450 g/mol. The van der Waals surface area contributed by atoms with Crippen LogP contribution in [0, 0.1) is 5.92 Å². The van der Waals surface area contributed by atoms with Gasteiger partial charge in [0.1, 0.15) is 0 Å². The maximum atomic E-state index is 12.8. The van der Waals surface area contributed by atoms with Crippen LogP contribution in [0.25, 0.3) is 0 Å². The molecule has 0 aliphatic carbocycles. The first kappa shape index (κ1) is 36.7. The van der Waals surface area contributed by atoms with Crippen molar-refractivity contribution >= 4 is 17.7 Å². The van der Waals surface area contributed by atoms with Crippen molar-refractivity contribution in [3.05, 3.63) is 12.7 Å². The summed E-state index contributed by atoms with van der Waals surface area (Å²) in [4.78, 5) is 15.3. The van der Waals surface area contributed by atoms with Crippen LogP contribution >= 0.6 is 11.8 Å². The number of carbonyl (C=O) groups excluding carboxylic acids is 1. The molecule has 210 valence electrons. The molecule has 0 heterocycles. The molecule has 4 heteroatoms. The second kappa shape index (κ2) is 31.5. The molecule has 0 fully saturated rings. The van der Waals surface area contributed by atoms with Crippen molar-refractivity contribution in [2.75, 3.05) is 37.7 Å². The summed E-state index contributed by atoms with van der Waals surface area (Å²) in [7, 11) is 0. The van der Waals surface area contributed by atoms with Gasteiger partial charge >= 0.3 is 5.97 Å². The Bertz CT molecular complexity index is 430. The first-order valence-corrected chi connectivity index (χ1v) is 16.4. The number of esters is 1. The lowest BCUT2D eigenvalue weighted by atomic mass is 10.1. The van der Waals surface area contributed by atoms with Crippen LogP contribution in [-0.4, -0.2) is 48.6 Å². The molecule has 0 saturated carbocycles. The molecule has 0 rings (SSSR count). The van der Waals surface area contributed by atoms with Crippen molar-refractivity contribution < 1.29 is 9.53 Å². The standard InChI is InChI=1S/C29H57NO2S.C2H6/c1-5-9-11-13-15-16-18-20-25-32-29(31)28(22-24-30(8-4)23-7-3)27-33-26-21-19-17-14-12-10-6-2;1-2/h5,28H,1,6-27H2,2-4H3;1-2H3. The number of ether oxygens (including phenoxy) is 1. The third-order valence-electron chi connectivity index (χ3n) is 6.37. The Morgan fingerprint density at radius 2 is 1.43 bits per heavy atom. The van der Waals surface area contributed by atoms with Gasteiger partial charge in [0.25, 0.3) is 0 Å². The first-order chi connectivity index (χ1) is 17.2. The van der Waals surface area contributed by atoms with E-state index in [1.54, 1.807) is 0 Å². The second-order valence-electron chi connectivity index (χ2n) is 9.48. The molecule has 35 heavy (non-hydrogen) atoms. The van der Waals surface area contributed by atoms with Gasteiger partial charge in [-0.05, 0) is 63.9 Å². The Balaban J connectivity index is 0. The first-order valence-electron chi connectivity index (χ1n) is 15.3. The third-order valence-corrected chi connectivity index (χ3v) is 7.59. The highest BCUT2D eigenvalue weighted by molar-refractivity contribution is 7.99. The van der Waals surface area contributed by atoms with Crippen LogP contribution in [0.1, 0.15) is 137 Å². The number of allylic oxidation sites excluding steroid dienone is 1. The van der Waals surface area contributed by atoms with Gasteiger partial charge in [0.2, 0.25) is 0 Å². The second-order valence-corrected chi connectivity index (χ2v) is 10.6. The fourth-order valence-corrected chi connectivity index (χ4v) is 5.29. The summed E-state index contributed by atoms with van der Waals surface area (Å²) in [6, 6.07) is 0. The van der Waals surface area contributed by atoms with Crippen LogP contribution in [0.4, 0.5) is 0 Å². The molecular formula is C31H63NO2S. The molecule has 0 bridgehead atoms. The monoisotopic (exact) mass is 513 g/mol. The number of hydrogen-bond donors (Lipinski definition) is 0. The number of thioether (sulfide) groups is 1. The van der Waals surface area contributed by atoms with E-state index in [4.69, 9.17) is 4.74 Å². The average Bonchev–Trinajstić information content (AvgIpc) is 2.88. The van der Waals surface area contributed by atoms with E-state index in [0.717, 1.165) is 44.6 Å². The SMILES string of the molecule is C=CCCCCCCCCOC(=O)C(CCN(CC)CCC)CSCCCCCCCCC.CC. The molecule has 0 N–H and O–H groups in total. The van der Waals surface area contributed by atoms with Crippen molar-refractivity contribution in [2.45, 2.75) is 137 Å². The van der Waals surface area contributed by atoms with E-state index in [1.165, 1.54) is 89.2 Å². The molecule has 0 spiro atoms. The molecule has 3 nitrogen and oxygen atoms in total. The normalized spacial score (nSPS) is 11.7. The Hall–Kier alpha value is -0.480. The predicted octanol–water partition coefficient (Wildman–Crippen LogP) is 9.69. The molecule has 0 aliphatic heterocycles. The Morgan fingerprint density at radius 3 is 2.03 bits per heavy atom. The quantitative estimate of drug-likeness (QED) is 0.0654. The number of unbranched alkanes of at least 4 members (excludes halogenated alkanes) is 12. The lowest BCUT2D eigenvalue weighted by Crippen LogP contribution is -2.30. The van der Waals surface area contributed by atoms with Crippen LogP contribution in [0.3, 0.4) is 0 Å². The van der Waals surface area contributed by atoms with Crippen LogP contribution in [0.5, 0.6) is 0 Å². The summed E-state index contributed by atoms with van der Waals surface area (Å²) in [5.74, 6) is 2.18. The molecule has 0 radical (unpaired) electrons. The molecule has 0 aromatic heterocycles. The van der Waals surface area contributed by atoms with Gasteiger partial charge in [-0.1, -0.05) is 105 Å². The molecule has 1 unspecified atom stereocenters. The number of rotatable bonds is 26. The van der Waals surface area contributed by atoms with Gasteiger partial charge in [-0.25, -0.2) is 0 Å². The van der Waals surface area contributed by atoms with Crippen molar-refractivity contribution in [1.82, 2.24) is 4.90 Å². The van der Waals surface area contributed by atoms with Crippen LogP contribution < -0.4 is 0 Å². The lowest BCUT2D eigenvalue weighted by Gasteiger charge is -2.22. The highest BCUT2D eigenvalue weighted by atomic mass is 32.2. The average molecular weight is 514 g/mol. The largest absolute Gasteiger partial charge is 0.465 e. The van der Waals surface area contributed by atoms with Crippen molar-refractivity contribution in [2.24, 2.45) is 5.92 Å². The van der Waals surface area contributed by atoms with Gasteiger partial charge in [-0.2, -0.15) is 11.8 Å². The number of hydrogen-bond acceptors (Lipinski definition) is 4. The Morgan fingerprint density at radius 1 is 0.829 bits per heavy atom. The minimum Gasteiger partial charge on any atom is -0.465 e. The van der Waals surface area contributed by atoms with Crippen LogP contribution in [-0.2, 0) is 9.53 Å². The van der Waals surface area contributed by atoms with E-state index >= 15 is 0 Å². The smallest absolute Gasteiger partial charge is 0.309 e. The van der Waals surface area contributed by atoms with E-state index in [9.17, 15) is 4.79 Å². The highest BCUT2D eigenvalue weighted by Crippen LogP contribution is 2.18. The van der Waals surface area contributed by atoms with Crippen LogP contribution in [0.15, 0.2) is 12.7 Å². The minimum absolute atomic E-state index is 0.0422. The Labute approximate surface area is 225 Å². The van der Waals surface area contributed by atoms with Crippen molar-refractivity contribution in [3.8, 4) is 0 Å². The summed E-state index contributed by atoms with van der Waals surface area (Å²) in [6.45, 7) is 18.3.